The Morgan fingerprint density at radius 2 is 2.23 bits per heavy atom. The van der Waals surface area contributed by atoms with E-state index in [2.05, 4.69) is 15.9 Å². The first-order chi connectivity index (χ1) is 10.3. The highest BCUT2D eigenvalue weighted by atomic mass is 32.1. The van der Waals surface area contributed by atoms with Gasteiger partial charge in [-0.3, -0.25) is 9.78 Å². The molecule has 22 heavy (non-hydrogen) atoms. The number of rotatable bonds is 6. The summed E-state index contributed by atoms with van der Waals surface area (Å²) < 4.78 is 30.3. The number of carbonyl (C=O) groups excluding carboxylic acids is 1. The largest absolute Gasteiger partial charge is 0.288 e. The zero-order valence-electron chi connectivity index (χ0n) is 12.3. The van der Waals surface area contributed by atoms with E-state index in [1.165, 1.54) is 0 Å². The highest BCUT2D eigenvalue weighted by Crippen LogP contribution is 2.29. The molecule has 116 valence electrons. The van der Waals surface area contributed by atoms with Crippen LogP contribution in [0.5, 0.6) is 0 Å². The van der Waals surface area contributed by atoms with Crippen LogP contribution in [-0.4, -0.2) is 21.1 Å². The van der Waals surface area contributed by atoms with Crippen LogP contribution in [0.1, 0.15) is 29.9 Å². The number of alkyl halides is 2. The van der Waals surface area contributed by atoms with Crippen LogP contribution in [0.2, 0.25) is 0 Å². The van der Waals surface area contributed by atoms with Crippen molar-refractivity contribution in [3.63, 3.8) is 0 Å². The van der Waals surface area contributed by atoms with Crippen molar-refractivity contribution in [2.24, 2.45) is 5.92 Å². The molecule has 0 radical (unpaired) electrons. The van der Waals surface area contributed by atoms with Gasteiger partial charge in [0.2, 0.25) is 5.92 Å². The maximum absolute atomic E-state index is 13.1. The number of Topliss-reactive ketones (excluding diaryl/α,β-unsaturated/α-hetero) is 1. The Labute approximate surface area is 131 Å². The first-order valence-corrected chi connectivity index (χ1v) is 7.53. The fourth-order valence-corrected chi connectivity index (χ4v) is 2.81. The van der Waals surface area contributed by atoms with E-state index < -0.39 is 18.3 Å². The lowest BCUT2D eigenvalue weighted by atomic mass is 9.92. The van der Waals surface area contributed by atoms with E-state index in [9.17, 15) is 13.6 Å². The van der Waals surface area contributed by atoms with Gasteiger partial charge in [0, 0.05) is 24.4 Å². The molecule has 0 spiro atoms. The Morgan fingerprint density at radius 1 is 1.50 bits per heavy atom. The van der Waals surface area contributed by atoms with Crippen molar-refractivity contribution in [1.29, 1.82) is 0 Å². The van der Waals surface area contributed by atoms with Crippen molar-refractivity contribution in [3.05, 3.63) is 47.6 Å². The summed E-state index contributed by atoms with van der Waals surface area (Å²) in [6.45, 7) is 6.11. The lowest BCUT2D eigenvalue weighted by Gasteiger charge is -2.17. The lowest BCUT2D eigenvalue weighted by Crippen LogP contribution is -2.19. The number of hydrogen-bond acceptors (Lipinski definition) is 4. The monoisotopic (exact) mass is 322 g/mol. The minimum atomic E-state index is -2.82. The maximum Gasteiger partial charge on any atom is 0.246 e. The van der Waals surface area contributed by atoms with Gasteiger partial charge in [-0.1, -0.05) is 13.5 Å². The van der Waals surface area contributed by atoms with Gasteiger partial charge in [0.15, 0.2) is 5.78 Å². The summed E-state index contributed by atoms with van der Waals surface area (Å²) in [5.74, 6) is -3.74. The van der Waals surface area contributed by atoms with Crippen LogP contribution < -0.4 is 0 Å². The molecule has 1 unspecified atom stereocenters. The Kier molecular flexibility index (Phi) is 4.81. The number of hydrogen-bond donors (Lipinski definition) is 0. The molecule has 0 aromatic carbocycles. The van der Waals surface area contributed by atoms with Gasteiger partial charge in [-0.05, 0) is 48.1 Å². The minimum absolute atomic E-state index is 0.183. The summed E-state index contributed by atoms with van der Waals surface area (Å²) in [4.78, 5) is 16.7. The molecule has 6 heteroatoms. The highest BCUT2D eigenvalue weighted by molar-refractivity contribution is 7.08. The molecule has 0 bridgehead atoms. The highest BCUT2D eigenvalue weighted by Gasteiger charge is 2.28. The summed E-state index contributed by atoms with van der Waals surface area (Å²) in [5, 5.41) is 0. The smallest absolute Gasteiger partial charge is 0.246 e. The number of pyridine rings is 1. The van der Waals surface area contributed by atoms with Crippen LogP contribution >= 0.6 is 11.5 Å². The van der Waals surface area contributed by atoms with Crippen LogP contribution in [-0.2, 0) is 0 Å². The summed E-state index contributed by atoms with van der Waals surface area (Å²) in [6, 6.07) is 5.26. The van der Waals surface area contributed by atoms with Crippen molar-refractivity contribution in [1.82, 2.24) is 9.36 Å². The second-order valence-corrected chi connectivity index (χ2v) is 6.15. The summed E-state index contributed by atoms with van der Waals surface area (Å²) in [6.07, 6.45) is 2.90. The molecule has 0 aliphatic rings. The van der Waals surface area contributed by atoms with Crippen molar-refractivity contribution in [2.75, 3.05) is 0 Å². The van der Waals surface area contributed by atoms with E-state index >= 15 is 0 Å². The SMILES string of the molecule is C=C(C(=O)c1cc(-c2cccnc2)ns1)C(C)CC(C)(F)F. The molecule has 0 amide bonds. The molecule has 0 fully saturated rings. The predicted octanol–water partition coefficient (Wildman–Crippen LogP) is 4.63. The fourth-order valence-electron chi connectivity index (χ4n) is 2.08. The van der Waals surface area contributed by atoms with Crippen molar-refractivity contribution < 1.29 is 13.6 Å². The second kappa shape index (κ2) is 6.44. The third-order valence-electron chi connectivity index (χ3n) is 3.24. The lowest BCUT2D eigenvalue weighted by molar-refractivity contribution is 0.00295. The number of ketones is 1. The van der Waals surface area contributed by atoms with E-state index in [0.717, 1.165) is 24.0 Å². The van der Waals surface area contributed by atoms with Crippen LogP contribution in [0.15, 0.2) is 42.7 Å². The first kappa shape index (κ1) is 16.4. The quantitative estimate of drug-likeness (QED) is 0.575. The predicted molar refractivity (Wildman–Crippen MR) is 83.2 cm³/mol. The summed E-state index contributed by atoms with van der Waals surface area (Å²) in [5.41, 5.74) is 1.63. The van der Waals surface area contributed by atoms with Gasteiger partial charge in [-0.2, -0.15) is 4.37 Å². The van der Waals surface area contributed by atoms with Gasteiger partial charge in [0.05, 0.1) is 10.6 Å². The second-order valence-electron chi connectivity index (χ2n) is 5.35. The van der Waals surface area contributed by atoms with Gasteiger partial charge >= 0.3 is 0 Å². The summed E-state index contributed by atoms with van der Waals surface area (Å²) in [7, 11) is 0. The molecule has 3 nitrogen and oxygen atoms in total. The Balaban J connectivity index is 2.14. The maximum atomic E-state index is 13.1. The molecule has 0 saturated heterocycles. The van der Waals surface area contributed by atoms with E-state index in [1.54, 1.807) is 31.5 Å². The number of halogens is 2. The first-order valence-electron chi connectivity index (χ1n) is 6.76. The molecule has 0 aliphatic heterocycles. The standard InChI is InChI=1S/C16H16F2N2OS/c1-10(8-16(3,17)18)11(2)15(21)14-7-13(20-22-14)12-5-4-6-19-9-12/h4-7,9-10H,2,8H2,1,3H3. The van der Waals surface area contributed by atoms with Gasteiger partial charge in [0.1, 0.15) is 0 Å². The zero-order chi connectivity index (χ0) is 16.3. The van der Waals surface area contributed by atoms with Crippen molar-refractivity contribution in [3.8, 4) is 11.3 Å². The Bertz CT molecular complexity index is 677. The van der Waals surface area contributed by atoms with E-state index in [0.29, 0.717) is 10.6 Å². The molecule has 2 heterocycles. The topological polar surface area (TPSA) is 42.9 Å². The molecular weight excluding hydrogens is 306 g/mol. The average Bonchev–Trinajstić information content (AvgIpc) is 2.94. The van der Waals surface area contributed by atoms with E-state index in [-0.39, 0.29) is 11.4 Å². The van der Waals surface area contributed by atoms with E-state index in [4.69, 9.17) is 0 Å². The fraction of sp³-hybridized carbons (Fsp3) is 0.312. The van der Waals surface area contributed by atoms with Crippen molar-refractivity contribution in [2.45, 2.75) is 26.2 Å². The van der Waals surface area contributed by atoms with E-state index in [1.807, 2.05) is 6.07 Å². The van der Waals surface area contributed by atoms with Gasteiger partial charge in [-0.15, -0.1) is 0 Å². The molecule has 1 atom stereocenters. The molecule has 0 aliphatic carbocycles. The molecule has 0 saturated carbocycles. The molecule has 2 aromatic heterocycles. The molecular formula is C16H16F2N2OS. The number of aromatic nitrogens is 2. The normalized spacial score (nSPS) is 12.9. The third kappa shape index (κ3) is 4.04. The molecule has 0 N–H and O–H groups in total. The number of allylic oxidation sites excluding steroid dienone is 1. The van der Waals surface area contributed by atoms with Gasteiger partial charge < -0.3 is 0 Å². The van der Waals surface area contributed by atoms with Gasteiger partial charge in [0.25, 0.3) is 0 Å². The van der Waals surface area contributed by atoms with Crippen LogP contribution in [0.4, 0.5) is 8.78 Å². The molecule has 2 rings (SSSR count). The average molecular weight is 322 g/mol. The Morgan fingerprint density at radius 3 is 2.82 bits per heavy atom. The van der Waals surface area contributed by atoms with Crippen molar-refractivity contribution >= 4 is 17.3 Å². The number of carbonyl (C=O) groups is 1. The minimum Gasteiger partial charge on any atom is -0.288 e. The third-order valence-corrected chi connectivity index (χ3v) is 4.03. The Hall–Kier alpha value is -1.95. The molecule has 2 aromatic rings. The van der Waals surface area contributed by atoms with Crippen LogP contribution in [0.25, 0.3) is 11.3 Å². The zero-order valence-corrected chi connectivity index (χ0v) is 13.2. The number of nitrogens with zero attached hydrogens (tertiary/aromatic N) is 2. The van der Waals surface area contributed by atoms with Crippen LogP contribution in [0, 0.1) is 5.92 Å². The summed E-state index contributed by atoms with van der Waals surface area (Å²) >= 11 is 1.04. The van der Waals surface area contributed by atoms with Crippen LogP contribution in [0.3, 0.4) is 0 Å². The van der Waals surface area contributed by atoms with Gasteiger partial charge in [-0.25, -0.2) is 8.78 Å².